The van der Waals surface area contributed by atoms with Gasteiger partial charge < -0.3 is 5.32 Å². The van der Waals surface area contributed by atoms with Gasteiger partial charge in [-0.3, -0.25) is 4.79 Å². The largest absolute Gasteiger partial charge is 0.351 e. The van der Waals surface area contributed by atoms with Crippen LogP contribution >= 0.6 is 0 Å². The molecule has 0 spiro atoms. The average molecular weight is 188 g/mol. The Balaban J connectivity index is 2.49. The van der Waals surface area contributed by atoms with Crippen LogP contribution in [0.4, 0.5) is 0 Å². The monoisotopic (exact) mass is 188 g/mol. The Labute approximate surface area is 83.4 Å². The molecule has 1 aromatic carbocycles. The molecule has 0 radical (unpaired) electrons. The van der Waals surface area contributed by atoms with Crippen LogP contribution < -0.4 is 5.32 Å². The predicted molar refractivity (Wildman–Crippen MR) is 53.6 cm³/mol. The van der Waals surface area contributed by atoms with E-state index in [1.165, 1.54) is 0 Å². The third-order valence-electron chi connectivity index (χ3n) is 1.83. The number of carbonyl (C=O) groups is 1. The Morgan fingerprint density at radius 1 is 1.50 bits per heavy atom. The maximum Gasteiger partial charge on any atom is 0.251 e. The van der Waals surface area contributed by atoms with Crippen molar-refractivity contribution in [3.8, 4) is 6.07 Å². The smallest absolute Gasteiger partial charge is 0.251 e. The van der Waals surface area contributed by atoms with Crippen LogP contribution in [0.2, 0.25) is 0 Å². The Hall–Kier alpha value is -1.82. The molecule has 0 aromatic heterocycles. The highest BCUT2D eigenvalue weighted by atomic mass is 16.1. The molecule has 1 amide bonds. The standard InChI is InChI=1S/C11H12N2O/c1-9(7-12)8-13-11(14)10-5-3-2-4-6-10/h2-6,9H,8H2,1H3,(H,13,14)/t9-/m1/s1. The van der Waals surface area contributed by atoms with E-state index in [2.05, 4.69) is 11.4 Å². The summed E-state index contributed by atoms with van der Waals surface area (Å²) in [7, 11) is 0. The number of rotatable bonds is 3. The second-order valence-corrected chi connectivity index (χ2v) is 3.11. The van der Waals surface area contributed by atoms with Crippen molar-refractivity contribution in [3.63, 3.8) is 0 Å². The van der Waals surface area contributed by atoms with Crippen molar-refractivity contribution >= 4 is 5.91 Å². The van der Waals surface area contributed by atoms with E-state index in [-0.39, 0.29) is 11.8 Å². The fourth-order valence-electron chi connectivity index (χ4n) is 0.983. The van der Waals surface area contributed by atoms with Gasteiger partial charge in [0.1, 0.15) is 0 Å². The lowest BCUT2D eigenvalue weighted by atomic mass is 10.2. The summed E-state index contributed by atoms with van der Waals surface area (Å²) in [5.41, 5.74) is 0.623. The molecule has 3 nitrogen and oxygen atoms in total. The molecule has 1 rings (SSSR count). The van der Waals surface area contributed by atoms with Gasteiger partial charge in [0.2, 0.25) is 0 Å². The third kappa shape index (κ3) is 2.91. The summed E-state index contributed by atoms with van der Waals surface area (Å²) in [5.74, 6) is -0.282. The second-order valence-electron chi connectivity index (χ2n) is 3.11. The van der Waals surface area contributed by atoms with E-state index in [1.54, 1.807) is 19.1 Å². The topological polar surface area (TPSA) is 52.9 Å². The Morgan fingerprint density at radius 3 is 2.71 bits per heavy atom. The summed E-state index contributed by atoms with van der Waals surface area (Å²) in [6.45, 7) is 2.16. The van der Waals surface area contributed by atoms with E-state index in [1.807, 2.05) is 18.2 Å². The average Bonchev–Trinajstić information content (AvgIpc) is 2.26. The van der Waals surface area contributed by atoms with Crippen LogP contribution in [0.15, 0.2) is 30.3 Å². The van der Waals surface area contributed by atoms with Gasteiger partial charge in [-0.05, 0) is 19.1 Å². The Bertz CT molecular complexity index is 340. The zero-order valence-electron chi connectivity index (χ0n) is 8.03. The quantitative estimate of drug-likeness (QED) is 0.782. The maximum absolute atomic E-state index is 11.4. The Kier molecular flexibility index (Phi) is 3.69. The number of hydrogen-bond acceptors (Lipinski definition) is 2. The summed E-state index contributed by atoms with van der Waals surface area (Å²) in [4.78, 5) is 11.4. The highest BCUT2D eigenvalue weighted by molar-refractivity contribution is 5.94. The molecule has 72 valence electrons. The third-order valence-corrected chi connectivity index (χ3v) is 1.83. The minimum Gasteiger partial charge on any atom is -0.351 e. The fourth-order valence-corrected chi connectivity index (χ4v) is 0.983. The molecular weight excluding hydrogens is 176 g/mol. The first-order valence-corrected chi connectivity index (χ1v) is 4.47. The van der Waals surface area contributed by atoms with E-state index >= 15 is 0 Å². The number of nitrogens with zero attached hydrogens (tertiary/aromatic N) is 1. The van der Waals surface area contributed by atoms with Gasteiger partial charge >= 0.3 is 0 Å². The minimum absolute atomic E-state index is 0.132. The van der Waals surface area contributed by atoms with Gasteiger partial charge in [-0.15, -0.1) is 0 Å². The van der Waals surface area contributed by atoms with Crippen LogP contribution in [0, 0.1) is 17.2 Å². The number of hydrogen-bond donors (Lipinski definition) is 1. The molecule has 1 aromatic rings. The first-order chi connectivity index (χ1) is 6.74. The minimum atomic E-state index is -0.150. The van der Waals surface area contributed by atoms with Crippen LogP contribution in [0.5, 0.6) is 0 Å². The molecule has 0 saturated heterocycles. The van der Waals surface area contributed by atoms with Gasteiger partial charge in [-0.1, -0.05) is 18.2 Å². The van der Waals surface area contributed by atoms with Crippen molar-refractivity contribution in [2.45, 2.75) is 6.92 Å². The van der Waals surface area contributed by atoms with Gasteiger partial charge in [-0.25, -0.2) is 0 Å². The van der Waals surface area contributed by atoms with Crippen molar-refractivity contribution in [1.82, 2.24) is 5.32 Å². The van der Waals surface area contributed by atoms with Crippen LogP contribution in [0.3, 0.4) is 0 Å². The predicted octanol–water partition coefficient (Wildman–Crippen LogP) is 1.58. The molecule has 0 aliphatic rings. The van der Waals surface area contributed by atoms with Crippen molar-refractivity contribution in [3.05, 3.63) is 35.9 Å². The molecule has 0 heterocycles. The molecule has 1 atom stereocenters. The summed E-state index contributed by atoms with van der Waals surface area (Å²) < 4.78 is 0. The van der Waals surface area contributed by atoms with Gasteiger partial charge in [0.25, 0.3) is 5.91 Å². The van der Waals surface area contributed by atoms with Crippen LogP contribution in [-0.2, 0) is 0 Å². The number of nitrogens with one attached hydrogen (secondary N) is 1. The molecule has 0 bridgehead atoms. The summed E-state index contributed by atoms with van der Waals surface area (Å²) in [6.07, 6.45) is 0. The van der Waals surface area contributed by atoms with Crippen molar-refractivity contribution in [2.75, 3.05) is 6.54 Å². The van der Waals surface area contributed by atoms with E-state index in [0.717, 1.165) is 0 Å². The molecule has 0 unspecified atom stereocenters. The van der Waals surface area contributed by atoms with E-state index in [9.17, 15) is 4.79 Å². The highest BCUT2D eigenvalue weighted by Crippen LogP contribution is 1.98. The first kappa shape index (κ1) is 10.3. The summed E-state index contributed by atoms with van der Waals surface area (Å²) >= 11 is 0. The van der Waals surface area contributed by atoms with E-state index < -0.39 is 0 Å². The van der Waals surface area contributed by atoms with E-state index in [0.29, 0.717) is 12.1 Å². The normalized spacial score (nSPS) is 11.4. The molecule has 3 heteroatoms. The molecule has 0 aliphatic heterocycles. The van der Waals surface area contributed by atoms with Crippen molar-refractivity contribution in [2.24, 2.45) is 5.92 Å². The van der Waals surface area contributed by atoms with Gasteiger partial charge in [-0.2, -0.15) is 5.26 Å². The zero-order chi connectivity index (χ0) is 10.4. The summed E-state index contributed by atoms with van der Waals surface area (Å²) in [5, 5.41) is 11.2. The second kappa shape index (κ2) is 5.03. The molecule has 0 saturated carbocycles. The first-order valence-electron chi connectivity index (χ1n) is 4.47. The van der Waals surface area contributed by atoms with Gasteiger partial charge in [0.15, 0.2) is 0 Å². The molecular formula is C11H12N2O. The van der Waals surface area contributed by atoms with Crippen LogP contribution in [-0.4, -0.2) is 12.5 Å². The van der Waals surface area contributed by atoms with Crippen molar-refractivity contribution in [1.29, 1.82) is 5.26 Å². The van der Waals surface area contributed by atoms with Crippen LogP contribution in [0.1, 0.15) is 17.3 Å². The molecule has 1 N–H and O–H groups in total. The van der Waals surface area contributed by atoms with Crippen molar-refractivity contribution < 1.29 is 4.79 Å². The fraction of sp³-hybridized carbons (Fsp3) is 0.273. The number of carbonyl (C=O) groups excluding carboxylic acids is 1. The molecule has 0 aliphatic carbocycles. The number of amides is 1. The lowest BCUT2D eigenvalue weighted by molar-refractivity contribution is 0.0951. The lowest BCUT2D eigenvalue weighted by Gasteiger charge is -2.05. The molecule has 0 fully saturated rings. The maximum atomic E-state index is 11.4. The molecule has 14 heavy (non-hydrogen) atoms. The van der Waals surface area contributed by atoms with Crippen LogP contribution in [0.25, 0.3) is 0 Å². The van der Waals surface area contributed by atoms with Gasteiger partial charge in [0, 0.05) is 12.1 Å². The van der Waals surface area contributed by atoms with E-state index in [4.69, 9.17) is 5.26 Å². The number of benzene rings is 1. The highest BCUT2D eigenvalue weighted by Gasteiger charge is 2.05. The Morgan fingerprint density at radius 2 is 2.14 bits per heavy atom. The van der Waals surface area contributed by atoms with Gasteiger partial charge in [0.05, 0.1) is 12.0 Å². The lowest BCUT2D eigenvalue weighted by Crippen LogP contribution is -2.27. The number of nitriles is 1. The summed E-state index contributed by atoms with van der Waals surface area (Å²) in [6, 6.07) is 11.0. The SMILES string of the molecule is C[C@H](C#N)CNC(=O)c1ccccc1. The zero-order valence-corrected chi connectivity index (χ0v) is 8.03.